The van der Waals surface area contributed by atoms with Crippen molar-refractivity contribution in [1.82, 2.24) is 9.97 Å². The molecule has 0 unspecified atom stereocenters. The van der Waals surface area contributed by atoms with Crippen molar-refractivity contribution in [2.24, 2.45) is 0 Å². The minimum Gasteiger partial charge on any atom is -0.395 e. The number of hydrogen-bond acceptors (Lipinski definition) is 5. The average Bonchev–Trinajstić information content (AvgIpc) is 2.50. The highest BCUT2D eigenvalue weighted by molar-refractivity contribution is 5.59. The van der Waals surface area contributed by atoms with Gasteiger partial charge in [0.1, 0.15) is 18.0 Å². The van der Waals surface area contributed by atoms with E-state index in [1.807, 2.05) is 0 Å². The van der Waals surface area contributed by atoms with Gasteiger partial charge in [-0.1, -0.05) is 27.2 Å². The first-order valence-electron chi connectivity index (χ1n) is 8.18. The molecule has 5 heteroatoms. The number of aliphatic hydroxyl groups excluding tert-OH is 1. The van der Waals surface area contributed by atoms with Crippen LogP contribution in [0.2, 0.25) is 0 Å². The quantitative estimate of drug-likeness (QED) is 0.695. The maximum Gasteiger partial charge on any atom is 0.137 e. The molecule has 21 heavy (non-hydrogen) atoms. The summed E-state index contributed by atoms with van der Waals surface area (Å²) in [5.74, 6) is 1.91. The fraction of sp³-hybridized carbons (Fsp3) is 0.750. The second-order valence-electron chi connectivity index (χ2n) is 5.19. The van der Waals surface area contributed by atoms with Crippen LogP contribution in [0.15, 0.2) is 6.33 Å². The van der Waals surface area contributed by atoms with Gasteiger partial charge in [-0.2, -0.15) is 0 Å². The lowest BCUT2D eigenvalue weighted by atomic mass is 10.1. The molecule has 0 saturated carbocycles. The number of nitrogens with one attached hydrogen (secondary N) is 1. The second kappa shape index (κ2) is 9.55. The molecule has 0 aromatic carbocycles. The van der Waals surface area contributed by atoms with E-state index in [1.165, 1.54) is 5.56 Å². The van der Waals surface area contributed by atoms with Crippen molar-refractivity contribution in [3.63, 3.8) is 0 Å². The maximum atomic E-state index is 9.43. The zero-order chi connectivity index (χ0) is 15.7. The maximum absolute atomic E-state index is 9.43. The zero-order valence-corrected chi connectivity index (χ0v) is 13.9. The fourth-order valence-corrected chi connectivity index (χ4v) is 2.75. The molecule has 0 radical (unpaired) electrons. The van der Waals surface area contributed by atoms with Gasteiger partial charge in [0.05, 0.1) is 6.61 Å². The van der Waals surface area contributed by atoms with E-state index in [9.17, 15) is 5.11 Å². The molecule has 0 amide bonds. The normalized spacial score (nSPS) is 11.0. The molecule has 0 aliphatic carbocycles. The smallest absolute Gasteiger partial charge is 0.137 e. The van der Waals surface area contributed by atoms with Crippen molar-refractivity contribution >= 4 is 11.6 Å². The largest absolute Gasteiger partial charge is 0.395 e. The lowest BCUT2D eigenvalue weighted by Crippen LogP contribution is -2.38. The van der Waals surface area contributed by atoms with E-state index in [-0.39, 0.29) is 6.61 Å². The number of aromatic nitrogens is 2. The molecule has 5 nitrogen and oxygen atoms in total. The molecule has 1 heterocycles. The Bertz CT molecular complexity index is 407. The molecule has 1 rings (SSSR count). The van der Waals surface area contributed by atoms with Crippen molar-refractivity contribution in [2.75, 3.05) is 29.9 Å². The van der Waals surface area contributed by atoms with E-state index in [2.05, 4.69) is 47.9 Å². The molecule has 0 aliphatic rings. The lowest BCUT2D eigenvalue weighted by molar-refractivity contribution is 0.295. The molecule has 1 aromatic rings. The summed E-state index contributed by atoms with van der Waals surface area (Å²) in [6, 6.07) is 0.400. The van der Waals surface area contributed by atoms with Gasteiger partial charge < -0.3 is 15.3 Å². The summed E-state index contributed by atoms with van der Waals surface area (Å²) in [6.07, 6.45) is 5.71. The fourth-order valence-electron chi connectivity index (χ4n) is 2.75. The van der Waals surface area contributed by atoms with E-state index in [0.29, 0.717) is 12.6 Å². The Morgan fingerprint density at radius 3 is 2.43 bits per heavy atom. The molecule has 2 N–H and O–H groups in total. The molecule has 0 aliphatic heterocycles. The number of rotatable bonds is 10. The molecule has 1 aromatic heterocycles. The van der Waals surface area contributed by atoms with Crippen LogP contribution in [0.3, 0.4) is 0 Å². The minimum atomic E-state index is 0.141. The topological polar surface area (TPSA) is 61.3 Å². The highest BCUT2D eigenvalue weighted by atomic mass is 16.3. The van der Waals surface area contributed by atoms with Crippen LogP contribution < -0.4 is 10.2 Å². The van der Waals surface area contributed by atoms with Crippen LogP contribution in [0.25, 0.3) is 0 Å². The first kappa shape index (κ1) is 17.7. The third kappa shape index (κ3) is 4.56. The van der Waals surface area contributed by atoms with E-state index in [0.717, 1.165) is 43.9 Å². The summed E-state index contributed by atoms with van der Waals surface area (Å²) in [6.45, 7) is 10.2. The standard InChI is InChI=1S/C16H30N4O/c1-5-9-14-15(17-8-4)18-12-19-16(14)20(10-11-21)13(6-2)7-3/h12-13,21H,5-11H2,1-4H3,(H,17,18,19). The van der Waals surface area contributed by atoms with Gasteiger partial charge in [0.15, 0.2) is 0 Å². The highest BCUT2D eigenvalue weighted by Crippen LogP contribution is 2.27. The SMILES string of the molecule is CCCc1c(NCC)ncnc1N(CCO)C(CC)CC. The first-order chi connectivity index (χ1) is 10.2. The summed E-state index contributed by atoms with van der Waals surface area (Å²) in [4.78, 5) is 11.2. The zero-order valence-electron chi connectivity index (χ0n) is 13.9. The van der Waals surface area contributed by atoms with Gasteiger partial charge in [-0.15, -0.1) is 0 Å². The number of hydrogen-bond donors (Lipinski definition) is 2. The van der Waals surface area contributed by atoms with Gasteiger partial charge in [0, 0.05) is 24.7 Å². The molecular formula is C16H30N4O. The van der Waals surface area contributed by atoms with Gasteiger partial charge in [-0.05, 0) is 26.2 Å². The van der Waals surface area contributed by atoms with Crippen molar-refractivity contribution in [3.05, 3.63) is 11.9 Å². The van der Waals surface area contributed by atoms with Crippen LogP contribution in [-0.4, -0.2) is 40.8 Å². The van der Waals surface area contributed by atoms with Crippen molar-refractivity contribution < 1.29 is 5.11 Å². The predicted molar refractivity (Wildman–Crippen MR) is 89.0 cm³/mol. The van der Waals surface area contributed by atoms with Crippen LogP contribution in [0.4, 0.5) is 11.6 Å². The van der Waals surface area contributed by atoms with Gasteiger partial charge in [0.2, 0.25) is 0 Å². The third-order valence-corrected chi connectivity index (χ3v) is 3.76. The molecule has 0 bridgehead atoms. The van der Waals surface area contributed by atoms with Crippen LogP contribution >= 0.6 is 0 Å². The Kier molecular flexibility index (Phi) is 8.05. The Morgan fingerprint density at radius 2 is 1.90 bits per heavy atom. The van der Waals surface area contributed by atoms with Gasteiger partial charge in [0.25, 0.3) is 0 Å². The molecule has 0 spiro atoms. The number of aliphatic hydroxyl groups is 1. The number of anilines is 2. The van der Waals surface area contributed by atoms with Crippen molar-refractivity contribution in [2.45, 2.75) is 59.4 Å². The highest BCUT2D eigenvalue weighted by Gasteiger charge is 2.21. The monoisotopic (exact) mass is 294 g/mol. The van der Waals surface area contributed by atoms with Crippen molar-refractivity contribution in [1.29, 1.82) is 0 Å². The summed E-state index contributed by atoms with van der Waals surface area (Å²) in [5.41, 5.74) is 1.17. The minimum absolute atomic E-state index is 0.141. The van der Waals surface area contributed by atoms with Crippen LogP contribution in [0, 0.1) is 0 Å². The first-order valence-corrected chi connectivity index (χ1v) is 8.18. The van der Waals surface area contributed by atoms with E-state index in [1.54, 1.807) is 6.33 Å². The van der Waals surface area contributed by atoms with Crippen LogP contribution in [0.5, 0.6) is 0 Å². The third-order valence-electron chi connectivity index (χ3n) is 3.76. The van der Waals surface area contributed by atoms with Crippen molar-refractivity contribution in [3.8, 4) is 0 Å². The van der Waals surface area contributed by atoms with Crippen LogP contribution in [-0.2, 0) is 6.42 Å². The Labute approximate surface area is 128 Å². The van der Waals surface area contributed by atoms with E-state index in [4.69, 9.17) is 0 Å². The molecule has 0 atom stereocenters. The molecule has 120 valence electrons. The Morgan fingerprint density at radius 1 is 1.19 bits per heavy atom. The summed E-state index contributed by atoms with van der Waals surface area (Å²) < 4.78 is 0. The Balaban J connectivity index is 3.24. The average molecular weight is 294 g/mol. The van der Waals surface area contributed by atoms with Crippen LogP contribution in [0.1, 0.15) is 52.5 Å². The Hall–Kier alpha value is -1.36. The molecule has 0 saturated heterocycles. The summed E-state index contributed by atoms with van der Waals surface area (Å²) >= 11 is 0. The summed E-state index contributed by atoms with van der Waals surface area (Å²) in [7, 11) is 0. The van der Waals surface area contributed by atoms with E-state index < -0.39 is 0 Å². The van der Waals surface area contributed by atoms with Gasteiger partial charge >= 0.3 is 0 Å². The van der Waals surface area contributed by atoms with Gasteiger partial charge in [-0.3, -0.25) is 0 Å². The number of nitrogens with zero attached hydrogens (tertiary/aromatic N) is 3. The second-order valence-corrected chi connectivity index (χ2v) is 5.19. The lowest BCUT2D eigenvalue weighted by Gasteiger charge is -2.33. The molecule has 0 fully saturated rings. The van der Waals surface area contributed by atoms with E-state index >= 15 is 0 Å². The molecular weight excluding hydrogens is 264 g/mol. The van der Waals surface area contributed by atoms with Gasteiger partial charge in [-0.25, -0.2) is 9.97 Å². The summed E-state index contributed by atoms with van der Waals surface area (Å²) in [5, 5.41) is 12.8. The predicted octanol–water partition coefficient (Wildman–Crippen LogP) is 2.85.